The molecule has 0 radical (unpaired) electrons. The Hall–Kier alpha value is -1.000. The van der Waals surface area contributed by atoms with Gasteiger partial charge >= 0.3 is 0 Å². The fourth-order valence-electron chi connectivity index (χ4n) is 2.24. The number of benzene rings is 1. The molecule has 0 atom stereocenters. The third kappa shape index (κ3) is 2.28. The predicted octanol–water partition coefficient (Wildman–Crippen LogP) is 3.77. The molecule has 1 saturated heterocycles. The first kappa shape index (κ1) is 13.0. The lowest BCUT2D eigenvalue weighted by Gasteiger charge is -2.27. The number of hydrogen-bond acceptors (Lipinski definition) is 4. The van der Waals surface area contributed by atoms with Crippen molar-refractivity contribution in [1.29, 1.82) is 0 Å². The molecule has 0 bridgehead atoms. The fraction of sp³-hybridized carbons (Fsp3) is 0.333. The number of aromatic nitrogens is 2. The highest BCUT2D eigenvalue weighted by atomic mass is 32.2. The van der Waals surface area contributed by atoms with E-state index in [4.69, 9.17) is 0 Å². The Labute approximate surface area is 122 Å². The standard InChI is InChI=1S/C15H16N2S2/c1-11-10-14(17-16-12(11)2)15(18-8-9-19-15)13-6-4-3-5-7-13/h3-7,10H,8-9H2,1-2H3. The van der Waals surface area contributed by atoms with Gasteiger partial charge < -0.3 is 0 Å². The predicted molar refractivity (Wildman–Crippen MR) is 83.6 cm³/mol. The molecule has 1 aromatic heterocycles. The van der Waals surface area contributed by atoms with Gasteiger partial charge in [-0.1, -0.05) is 30.3 Å². The zero-order valence-electron chi connectivity index (χ0n) is 11.1. The third-order valence-corrected chi connectivity index (χ3v) is 6.90. The first-order chi connectivity index (χ1) is 9.22. The second-order valence-electron chi connectivity index (χ2n) is 4.68. The number of aryl methyl sites for hydroxylation is 2. The van der Waals surface area contributed by atoms with E-state index in [1.165, 1.54) is 11.1 Å². The van der Waals surface area contributed by atoms with Crippen molar-refractivity contribution >= 4 is 23.5 Å². The monoisotopic (exact) mass is 288 g/mol. The Balaban J connectivity index is 2.13. The molecule has 1 fully saturated rings. The van der Waals surface area contributed by atoms with Gasteiger partial charge in [0, 0.05) is 11.5 Å². The van der Waals surface area contributed by atoms with E-state index >= 15 is 0 Å². The summed E-state index contributed by atoms with van der Waals surface area (Å²) in [4.78, 5) is 0. The summed E-state index contributed by atoms with van der Waals surface area (Å²) in [5.74, 6) is 2.32. The summed E-state index contributed by atoms with van der Waals surface area (Å²) in [6, 6.07) is 12.9. The Morgan fingerprint density at radius 3 is 2.32 bits per heavy atom. The number of thioether (sulfide) groups is 2. The van der Waals surface area contributed by atoms with Gasteiger partial charge in [-0.15, -0.1) is 23.5 Å². The topological polar surface area (TPSA) is 25.8 Å². The Morgan fingerprint density at radius 2 is 1.68 bits per heavy atom. The second-order valence-corrected chi connectivity index (χ2v) is 7.55. The first-order valence-corrected chi connectivity index (χ1v) is 8.34. The Bertz CT molecular complexity index is 578. The smallest absolute Gasteiger partial charge is 0.130 e. The van der Waals surface area contributed by atoms with Crippen molar-refractivity contribution in [2.75, 3.05) is 11.5 Å². The molecule has 0 N–H and O–H groups in total. The molecule has 0 aliphatic carbocycles. The average Bonchev–Trinajstić information content (AvgIpc) is 2.93. The quantitative estimate of drug-likeness (QED) is 0.840. The number of hydrogen-bond donors (Lipinski definition) is 0. The number of nitrogens with zero attached hydrogens (tertiary/aromatic N) is 2. The average molecular weight is 288 g/mol. The zero-order valence-corrected chi connectivity index (χ0v) is 12.7. The molecular weight excluding hydrogens is 272 g/mol. The van der Waals surface area contributed by atoms with Gasteiger partial charge in [-0.05, 0) is 31.0 Å². The maximum atomic E-state index is 4.48. The highest BCUT2D eigenvalue weighted by molar-refractivity contribution is 8.20. The van der Waals surface area contributed by atoms with E-state index in [2.05, 4.69) is 53.5 Å². The molecule has 0 amide bonds. The van der Waals surface area contributed by atoms with Crippen LogP contribution in [-0.2, 0) is 4.08 Å². The van der Waals surface area contributed by atoms with Gasteiger partial charge in [-0.25, -0.2) is 0 Å². The third-order valence-electron chi connectivity index (χ3n) is 3.42. The van der Waals surface area contributed by atoms with Crippen LogP contribution in [0.3, 0.4) is 0 Å². The fourth-order valence-corrected chi connectivity index (χ4v) is 5.42. The zero-order chi connectivity index (χ0) is 13.3. The van der Waals surface area contributed by atoms with E-state index in [1.54, 1.807) is 0 Å². The van der Waals surface area contributed by atoms with Crippen LogP contribution < -0.4 is 0 Å². The van der Waals surface area contributed by atoms with Crippen molar-refractivity contribution in [3.05, 3.63) is 58.9 Å². The highest BCUT2D eigenvalue weighted by Crippen LogP contribution is 2.55. The molecule has 1 aromatic carbocycles. The Morgan fingerprint density at radius 1 is 1.00 bits per heavy atom. The van der Waals surface area contributed by atoms with Gasteiger partial charge in [0.25, 0.3) is 0 Å². The van der Waals surface area contributed by atoms with E-state index in [1.807, 2.05) is 30.4 Å². The van der Waals surface area contributed by atoms with Gasteiger partial charge in [0.2, 0.25) is 0 Å². The first-order valence-electron chi connectivity index (χ1n) is 6.37. The molecule has 0 spiro atoms. The van der Waals surface area contributed by atoms with Crippen LogP contribution in [0.2, 0.25) is 0 Å². The van der Waals surface area contributed by atoms with Crippen molar-refractivity contribution in [2.24, 2.45) is 0 Å². The highest BCUT2D eigenvalue weighted by Gasteiger charge is 2.41. The van der Waals surface area contributed by atoms with Gasteiger partial charge in [-0.2, -0.15) is 10.2 Å². The molecule has 1 aliphatic heterocycles. The minimum atomic E-state index is -0.0767. The summed E-state index contributed by atoms with van der Waals surface area (Å²) in [5.41, 5.74) is 4.63. The van der Waals surface area contributed by atoms with Crippen LogP contribution in [0.25, 0.3) is 0 Å². The maximum Gasteiger partial charge on any atom is 0.130 e. The van der Waals surface area contributed by atoms with E-state index in [-0.39, 0.29) is 4.08 Å². The molecule has 0 saturated carbocycles. The molecule has 98 valence electrons. The lowest BCUT2D eigenvalue weighted by Crippen LogP contribution is -2.19. The molecule has 19 heavy (non-hydrogen) atoms. The second kappa shape index (κ2) is 5.17. The molecule has 0 unspecified atom stereocenters. The minimum Gasteiger partial charge on any atom is -0.155 e. The van der Waals surface area contributed by atoms with Crippen molar-refractivity contribution in [3.63, 3.8) is 0 Å². The van der Waals surface area contributed by atoms with Crippen molar-refractivity contribution in [2.45, 2.75) is 17.9 Å². The molecule has 2 nitrogen and oxygen atoms in total. The number of rotatable bonds is 2. The molecule has 2 heterocycles. The van der Waals surface area contributed by atoms with Crippen LogP contribution >= 0.6 is 23.5 Å². The van der Waals surface area contributed by atoms with E-state index in [9.17, 15) is 0 Å². The lowest BCUT2D eigenvalue weighted by molar-refractivity contribution is 0.865. The van der Waals surface area contributed by atoms with Crippen molar-refractivity contribution in [1.82, 2.24) is 10.2 Å². The minimum absolute atomic E-state index is 0.0767. The van der Waals surface area contributed by atoms with Crippen LogP contribution in [0.5, 0.6) is 0 Å². The molecule has 4 heteroatoms. The summed E-state index contributed by atoms with van der Waals surface area (Å²) >= 11 is 3.94. The van der Waals surface area contributed by atoms with Crippen molar-refractivity contribution in [3.8, 4) is 0 Å². The van der Waals surface area contributed by atoms with E-state index in [0.29, 0.717) is 0 Å². The molecule has 2 aromatic rings. The Kier molecular flexibility index (Phi) is 3.54. The normalized spacial score (nSPS) is 17.6. The molecular formula is C15H16N2S2. The van der Waals surface area contributed by atoms with Crippen LogP contribution in [0.4, 0.5) is 0 Å². The van der Waals surface area contributed by atoms with Crippen LogP contribution in [0, 0.1) is 13.8 Å². The van der Waals surface area contributed by atoms with E-state index in [0.717, 1.165) is 22.9 Å². The van der Waals surface area contributed by atoms with Crippen LogP contribution in [0.1, 0.15) is 22.5 Å². The van der Waals surface area contributed by atoms with Gasteiger partial charge in [0.05, 0.1) is 11.4 Å². The molecule has 1 aliphatic rings. The van der Waals surface area contributed by atoms with Crippen LogP contribution in [-0.4, -0.2) is 21.7 Å². The van der Waals surface area contributed by atoms with Crippen molar-refractivity contribution < 1.29 is 0 Å². The summed E-state index contributed by atoms with van der Waals surface area (Å²) in [5, 5.41) is 8.80. The van der Waals surface area contributed by atoms with Gasteiger partial charge in [0.15, 0.2) is 0 Å². The summed E-state index contributed by atoms with van der Waals surface area (Å²) in [7, 11) is 0. The summed E-state index contributed by atoms with van der Waals surface area (Å²) in [6.07, 6.45) is 0. The van der Waals surface area contributed by atoms with Gasteiger partial charge in [-0.3, -0.25) is 0 Å². The molecule has 3 rings (SSSR count). The summed E-state index contributed by atoms with van der Waals surface area (Å²) < 4.78 is -0.0767. The largest absolute Gasteiger partial charge is 0.155 e. The van der Waals surface area contributed by atoms with Gasteiger partial charge in [0.1, 0.15) is 4.08 Å². The lowest BCUT2D eigenvalue weighted by atomic mass is 10.1. The SMILES string of the molecule is Cc1cc(C2(c3ccccc3)SCCS2)nnc1C. The maximum absolute atomic E-state index is 4.48. The summed E-state index contributed by atoms with van der Waals surface area (Å²) in [6.45, 7) is 4.12. The van der Waals surface area contributed by atoms with E-state index < -0.39 is 0 Å². The van der Waals surface area contributed by atoms with Crippen LogP contribution in [0.15, 0.2) is 36.4 Å².